The molecule has 19 heavy (non-hydrogen) atoms. The van der Waals surface area contributed by atoms with E-state index >= 15 is 0 Å². The van der Waals surface area contributed by atoms with E-state index in [1.54, 1.807) is 30.6 Å². The summed E-state index contributed by atoms with van der Waals surface area (Å²) in [5.74, 6) is 0.323. The van der Waals surface area contributed by atoms with Gasteiger partial charge in [0.25, 0.3) is 0 Å². The molecule has 1 N–H and O–H groups in total. The second-order valence-corrected chi connectivity index (χ2v) is 5.68. The Morgan fingerprint density at radius 2 is 2.16 bits per heavy atom. The van der Waals surface area contributed by atoms with Crippen LogP contribution in [0.5, 0.6) is 0 Å². The van der Waals surface area contributed by atoms with Crippen molar-refractivity contribution < 1.29 is 9.59 Å². The summed E-state index contributed by atoms with van der Waals surface area (Å²) in [5, 5.41) is 2.54. The third kappa shape index (κ3) is 2.61. The topological polar surface area (TPSA) is 49.4 Å². The van der Waals surface area contributed by atoms with E-state index in [9.17, 15) is 9.59 Å². The van der Waals surface area contributed by atoms with Gasteiger partial charge in [-0.15, -0.1) is 11.8 Å². The fraction of sp³-hybridized carbons (Fsp3) is 0.429. The molecule has 0 bridgehead atoms. The van der Waals surface area contributed by atoms with Gasteiger partial charge in [0.05, 0.1) is 5.75 Å². The third-order valence-corrected chi connectivity index (χ3v) is 4.61. The summed E-state index contributed by atoms with van der Waals surface area (Å²) in [6.07, 6.45) is 0. The molecule has 0 radical (unpaired) electrons. The van der Waals surface area contributed by atoms with E-state index in [-0.39, 0.29) is 17.2 Å². The molecule has 0 unspecified atom stereocenters. The predicted octanol–water partition coefficient (Wildman–Crippen LogP) is 1.70. The lowest BCUT2D eigenvalue weighted by atomic mass is 10.1. The van der Waals surface area contributed by atoms with Crippen molar-refractivity contribution in [3.05, 3.63) is 35.4 Å². The minimum absolute atomic E-state index is 0.0225. The lowest BCUT2D eigenvalue weighted by molar-refractivity contribution is -0.137. The van der Waals surface area contributed by atoms with Gasteiger partial charge in [-0.05, 0) is 25.0 Å². The lowest BCUT2D eigenvalue weighted by Gasteiger charge is -2.30. The van der Waals surface area contributed by atoms with E-state index in [4.69, 9.17) is 0 Å². The third-order valence-electron chi connectivity index (χ3n) is 3.40. The molecule has 1 aliphatic heterocycles. The number of carbonyl (C=O) groups excluding carboxylic acids is 2. The molecule has 0 aromatic heterocycles. The van der Waals surface area contributed by atoms with Crippen molar-refractivity contribution in [3.8, 4) is 0 Å². The van der Waals surface area contributed by atoms with Crippen LogP contribution in [-0.2, 0) is 9.59 Å². The number of carbonyl (C=O) groups is 2. The maximum absolute atomic E-state index is 12.1. The number of likely N-dealkylation sites (N-methyl/N-ethyl adjacent to an activating group) is 1. The Kier molecular flexibility index (Phi) is 4.14. The summed E-state index contributed by atoms with van der Waals surface area (Å²) in [6.45, 7) is 3.80. The minimum Gasteiger partial charge on any atom is -0.357 e. The monoisotopic (exact) mass is 278 g/mol. The van der Waals surface area contributed by atoms with Crippen molar-refractivity contribution in [2.45, 2.75) is 25.3 Å². The van der Waals surface area contributed by atoms with Crippen LogP contribution in [0.1, 0.15) is 23.4 Å². The molecule has 1 aliphatic rings. The smallest absolute Gasteiger partial charge is 0.242 e. The van der Waals surface area contributed by atoms with Crippen molar-refractivity contribution in [2.24, 2.45) is 0 Å². The Bertz CT molecular complexity index is 504. The van der Waals surface area contributed by atoms with E-state index < -0.39 is 6.04 Å². The second-order valence-electron chi connectivity index (χ2n) is 4.61. The SMILES string of the molecule is CNC(=O)[C@@H](C)N1C(=O)CS[C@@H]1c1ccccc1C. The Balaban J connectivity index is 2.32. The first-order chi connectivity index (χ1) is 9.06. The maximum Gasteiger partial charge on any atom is 0.242 e. The van der Waals surface area contributed by atoms with Crippen molar-refractivity contribution in [3.63, 3.8) is 0 Å². The molecule has 0 saturated carbocycles. The van der Waals surface area contributed by atoms with Crippen LogP contribution in [0.15, 0.2) is 24.3 Å². The van der Waals surface area contributed by atoms with Gasteiger partial charge in [-0.3, -0.25) is 9.59 Å². The quantitative estimate of drug-likeness (QED) is 0.915. The van der Waals surface area contributed by atoms with Crippen LogP contribution in [0.25, 0.3) is 0 Å². The normalized spacial score (nSPS) is 20.5. The zero-order valence-corrected chi connectivity index (χ0v) is 12.2. The highest BCUT2D eigenvalue weighted by molar-refractivity contribution is 8.00. The highest BCUT2D eigenvalue weighted by Crippen LogP contribution is 2.41. The molecule has 4 nitrogen and oxygen atoms in total. The number of thioether (sulfide) groups is 1. The average Bonchev–Trinajstić information content (AvgIpc) is 2.79. The van der Waals surface area contributed by atoms with Crippen molar-refractivity contribution in [1.82, 2.24) is 10.2 Å². The molecule has 1 saturated heterocycles. The van der Waals surface area contributed by atoms with Crippen LogP contribution in [0.2, 0.25) is 0 Å². The van der Waals surface area contributed by atoms with Gasteiger partial charge in [0.2, 0.25) is 11.8 Å². The van der Waals surface area contributed by atoms with Crippen molar-refractivity contribution in [1.29, 1.82) is 0 Å². The molecule has 5 heteroatoms. The lowest BCUT2D eigenvalue weighted by Crippen LogP contribution is -2.45. The summed E-state index contributed by atoms with van der Waals surface area (Å²) in [6, 6.07) is 7.55. The Morgan fingerprint density at radius 1 is 1.47 bits per heavy atom. The van der Waals surface area contributed by atoms with Gasteiger partial charge in [0.1, 0.15) is 11.4 Å². The summed E-state index contributed by atoms with van der Waals surface area (Å²) >= 11 is 1.58. The van der Waals surface area contributed by atoms with Crippen LogP contribution < -0.4 is 5.32 Å². The van der Waals surface area contributed by atoms with Crippen LogP contribution in [0.3, 0.4) is 0 Å². The van der Waals surface area contributed by atoms with Gasteiger partial charge in [-0.1, -0.05) is 24.3 Å². The molecular formula is C14H18N2O2S. The highest BCUT2D eigenvalue weighted by atomic mass is 32.2. The second kappa shape index (κ2) is 5.65. The maximum atomic E-state index is 12.1. The standard InChI is InChI=1S/C14H18N2O2S/c1-9-6-4-5-7-11(9)14-16(12(17)8-19-14)10(2)13(18)15-3/h4-7,10,14H,8H2,1-3H3,(H,15,18)/t10-,14-/m1/s1. The van der Waals surface area contributed by atoms with Gasteiger partial charge in [-0.25, -0.2) is 0 Å². The molecule has 2 amide bonds. The Labute approximate surface area is 117 Å². The van der Waals surface area contributed by atoms with Crippen molar-refractivity contribution >= 4 is 23.6 Å². The van der Waals surface area contributed by atoms with Gasteiger partial charge in [0, 0.05) is 7.05 Å². The number of amides is 2. The predicted molar refractivity (Wildman–Crippen MR) is 76.8 cm³/mol. The van der Waals surface area contributed by atoms with Gasteiger partial charge >= 0.3 is 0 Å². The molecule has 102 valence electrons. The van der Waals surface area contributed by atoms with Crippen LogP contribution in [-0.4, -0.2) is 35.6 Å². The van der Waals surface area contributed by atoms with E-state index in [2.05, 4.69) is 5.32 Å². The van der Waals surface area contributed by atoms with E-state index in [0.29, 0.717) is 5.75 Å². The largest absolute Gasteiger partial charge is 0.357 e. The van der Waals surface area contributed by atoms with Gasteiger partial charge < -0.3 is 10.2 Å². The molecule has 0 spiro atoms. The molecular weight excluding hydrogens is 260 g/mol. The first-order valence-electron chi connectivity index (χ1n) is 6.26. The number of hydrogen-bond donors (Lipinski definition) is 1. The number of aryl methyl sites for hydroxylation is 1. The molecule has 0 aliphatic carbocycles. The Morgan fingerprint density at radius 3 is 2.79 bits per heavy atom. The Hall–Kier alpha value is -1.49. The molecule has 1 aromatic rings. The average molecular weight is 278 g/mol. The fourth-order valence-corrected chi connectivity index (χ4v) is 3.65. The number of hydrogen-bond acceptors (Lipinski definition) is 3. The molecule has 1 aromatic carbocycles. The molecule has 1 heterocycles. The fourth-order valence-electron chi connectivity index (χ4n) is 2.29. The number of nitrogens with one attached hydrogen (secondary N) is 1. The van der Waals surface area contributed by atoms with Crippen LogP contribution in [0, 0.1) is 6.92 Å². The van der Waals surface area contributed by atoms with E-state index in [0.717, 1.165) is 11.1 Å². The number of nitrogens with zero attached hydrogens (tertiary/aromatic N) is 1. The number of rotatable bonds is 3. The zero-order valence-electron chi connectivity index (χ0n) is 11.3. The van der Waals surface area contributed by atoms with Gasteiger partial charge in [-0.2, -0.15) is 0 Å². The summed E-state index contributed by atoms with van der Waals surface area (Å²) in [7, 11) is 1.59. The van der Waals surface area contributed by atoms with Crippen LogP contribution >= 0.6 is 11.8 Å². The molecule has 1 fully saturated rings. The zero-order chi connectivity index (χ0) is 14.0. The van der Waals surface area contributed by atoms with Crippen LogP contribution in [0.4, 0.5) is 0 Å². The summed E-state index contributed by atoms with van der Waals surface area (Å²) < 4.78 is 0. The highest BCUT2D eigenvalue weighted by Gasteiger charge is 2.38. The number of benzene rings is 1. The van der Waals surface area contributed by atoms with E-state index in [1.165, 1.54) is 0 Å². The first-order valence-corrected chi connectivity index (χ1v) is 7.31. The van der Waals surface area contributed by atoms with E-state index in [1.807, 2.05) is 31.2 Å². The summed E-state index contributed by atoms with van der Waals surface area (Å²) in [4.78, 5) is 25.5. The first kappa shape index (κ1) is 13.9. The van der Waals surface area contributed by atoms with Gasteiger partial charge in [0.15, 0.2) is 0 Å². The van der Waals surface area contributed by atoms with Crippen molar-refractivity contribution in [2.75, 3.05) is 12.8 Å². The molecule has 2 atom stereocenters. The summed E-state index contributed by atoms with van der Waals surface area (Å²) in [5.41, 5.74) is 2.25. The minimum atomic E-state index is -0.447. The molecule has 2 rings (SSSR count).